The molecule has 0 aromatic heterocycles. The molecule has 0 fully saturated rings. The molecule has 12 heavy (non-hydrogen) atoms. The van der Waals surface area contributed by atoms with E-state index in [4.69, 9.17) is 11.0 Å². The maximum atomic E-state index is 12.7. The largest absolute Gasteiger partial charge is 0.326 e. The van der Waals surface area contributed by atoms with Gasteiger partial charge >= 0.3 is 0 Å². The Morgan fingerprint density at radius 2 is 2.25 bits per heavy atom. The van der Waals surface area contributed by atoms with Crippen LogP contribution in [0.1, 0.15) is 11.1 Å². The average Bonchev–Trinajstić information content (AvgIpc) is 2.03. The van der Waals surface area contributed by atoms with E-state index in [1.807, 2.05) is 6.07 Å². The lowest BCUT2D eigenvalue weighted by atomic mass is 10.1. The summed E-state index contributed by atoms with van der Waals surface area (Å²) in [5.74, 6) is -0.388. The molecule has 0 atom stereocenters. The van der Waals surface area contributed by atoms with Gasteiger partial charge < -0.3 is 5.73 Å². The summed E-state index contributed by atoms with van der Waals surface area (Å²) in [6.07, 6.45) is 0. The van der Waals surface area contributed by atoms with Crippen molar-refractivity contribution in [1.82, 2.24) is 0 Å². The Labute approximate surface area is 77.9 Å². The molecule has 0 amide bonds. The number of rotatable bonds is 1. The van der Waals surface area contributed by atoms with E-state index in [0.717, 1.165) is 0 Å². The maximum absolute atomic E-state index is 12.7. The second-order valence-electron chi connectivity index (χ2n) is 2.24. The molecule has 1 aromatic rings. The van der Waals surface area contributed by atoms with Gasteiger partial charge in [-0.05, 0) is 33.6 Å². The molecular formula is C8H6BrFN2. The highest BCUT2D eigenvalue weighted by Gasteiger charge is 2.06. The normalized spacial score (nSPS) is 9.50. The summed E-state index contributed by atoms with van der Waals surface area (Å²) in [4.78, 5) is 0. The van der Waals surface area contributed by atoms with E-state index < -0.39 is 0 Å². The molecule has 0 bridgehead atoms. The number of hydrogen-bond donors (Lipinski definition) is 1. The minimum atomic E-state index is -0.388. The van der Waals surface area contributed by atoms with Crippen LogP contribution in [0, 0.1) is 17.1 Å². The molecule has 62 valence electrons. The smallest absolute Gasteiger partial charge is 0.124 e. The number of benzene rings is 1. The molecule has 2 N–H and O–H groups in total. The molecule has 0 saturated heterocycles. The van der Waals surface area contributed by atoms with E-state index in [1.165, 1.54) is 12.1 Å². The summed E-state index contributed by atoms with van der Waals surface area (Å²) in [7, 11) is 0. The van der Waals surface area contributed by atoms with Crippen molar-refractivity contribution >= 4 is 15.9 Å². The van der Waals surface area contributed by atoms with Crippen molar-refractivity contribution in [3.05, 3.63) is 33.5 Å². The number of nitriles is 1. The molecule has 1 rings (SSSR count). The Kier molecular flexibility index (Phi) is 2.79. The van der Waals surface area contributed by atoms with Crippen molar-refractivity contribution < 1.29 is 4.39 Å². The first-order valence-corrected chi connectivity index (χ1v) is 4.06. The maximum Gasteiger partial charge on any atom is 0.124 e. The lowest BCUT2D eigenvalue weighted by molar-refractivity contribution is 0.624. The summed E-state index contributed by atoms with van der Waals surface area (Å²) in [5.41, 5.74) is 6.25. The van der Waals surface area contributed by atoms with Crippen LogP contribution in [0.4, 0.5) is 4.39 Å². The molecule has 0 aliphatic carbocycles. The molecule has 0 aliphatic rings. The van der Waals surface area contributed by atoms with Crippen molar-refractivity contribution in [3.63, 3.8) is 0 Å². The second kappa shape index (κ2) is 3.65. The van der Waals surface area contributed by atoms with Gasteiger partial charge in [0, 0.05) is 11.0 Å². The van der Waals surface area contributed by atoms with Gasteiger partial charge in [0.1, 0.15) is 11.9 Å². The van der Waals surface area contributed by atoms with E-state index in [-0.39, 0.29) is 12.4 Å². The third kappa shape index (κ3) is 1.63. The molecule has 0 heterocycles. The number of hydrogen-bond acceptors (Lipinski definition) is 2. The van der Waals surface area contributed by atoms with E-state index >= 15 is 0 Å². The van der Waals surface area contributed by atoms with Gasteiger partial charge in [0.15, 0.2) is 0 Å². The first-order valence-electron chi connectivity index (χ1n) is 3.27. The zero-order chi connectivity index (χ0) is 9.14. The highest BCUT2D eigenvalue weighted by atomic mass is 79.9. The summed E-state index contributed by atoms with van der Waals surface area (Å²) < 4.78 is 13.2. The van der Waals surface area contributed by atoms with Crippen LogP contribution in [0.25, 0.3) is 0 Å². The van der Waals surface area contributed by atoms with Gasteiger partial charge in [-0.3, -0.25) is 0 Å². The lowest BCUT2D eigenvalue weighted by Crippen LogP contribution is -2.00. The Balaban J connectivity index is 3.36. The average molecular weight is 229 g/mol. The van der Waals surface area contributed by atoms with E-state index in [1.54, 1.807) is 0 Å². The van der Waals surface area contributed by atoms with Gasteiger partial charge in [0.2, 0.25) is 0 Å². The molecule has 0 aliphatic heterocycles. The first-order chi connectivity index (χ1) is 5.69. The molecule has 0 radical (unpaired) electrons. The van der Waals surface area contributed by atoms with Crippen LogP contribution in [-0.2, 0) is 6.54 Å². The van der Waals surface area contributed by atoms with E-state index in [0.29, 0.717) is 15.6 Å². The van der Waals surface area contributed by atoms with Crippen molar-refractivity contribution in [2.45, 2.75) is 6.54 Å². The summed E-state index contributed by atoms with van der Waals surface area (Å²) in [6, 6.07) is 4.46. The van der Waals surface area contributed by atoms with Crippen LogP contribution in [0.5, 0.6) is 0 Å². The van der Waals surface area contributed by atoms with Crippen LogP contribution in [0.3, 0.4) is 0 Å². The number of halogens is 2. The van der Waals surface area contributed by atoms with Crippen molar-refractivity contribution in [1.29, 1.82) is 5.26 Å². The summed E-state index contributed by atoms with van der Waals surface area (Å²) in [5, 5.41) is 8.66. The fraction of sp³-hybridized carbons (Fsp3) is 0.125. The predicted octanol–water partition coefficient (Wildman–Crippen LogP) is 1.92. The standard InChI is InChI=1S/C8H6BrFN2/c9-8-2-6(10)1-5(3-11)7(8)4-12/h1-2H,3,11H2. The minimum Gasteiger partial charge on any atom is -0.326 e. The SMILES string of the molecule is N#Cc1c(Br)cc(F)cc1CN. The van der Waals surface area contributed by atoms with Gasteiger partial charge in [-0.1, -0.05) is 0 Å². The fourth-order valence-electron chi connectivity index (χ4n) is 0.913. The third-order valence-corrected chi connectivity index (χ3v) is 2.09. The topological polar surface area (TPSA) is 49.8 Å². The molecule has 1 aromatic carbocycles. The third-order valence-electron chi connectivity index (χ3n) is 1.47. The van der Waals surface area contributed by atoms with Crippen molar-refractivity contribution in [2.75, 3.05) is 0 Å². The number of nitrogens with zero attached hydrogens (tertiary/aromatic N) is 1. The van der Waals surface area contributed by atoms with Gasteiger partial charge in [-0.25, -0.2) is 4.39 Å². The zero-order valence-corrected chi connectivity index (χ0v) is 7.73. The van der Waals surface area contributed by atoms with Gasteiger partial charge in [0.25, 0.3) is 0 Å². The van der Waals surface area contributed by atoms with Gasteiger partial charge in [-0.2, -0.15) is 5.26 Å². The highest BCUT2D eigenvalue weighted by Crippen LogP contribution is 2.21. The van der Waals surface area contributed by atoms with Crippen molar-refractivity contribution in [3.8, 4) is 6.07 Å². The monoisotopic (exact) mass is 228 g/mol. The Hall–Kier alpha value is -0.920. The van der Waals surface area contributed by atoms with Gasteiger partial charge in [-0.15, -0.1) is 0 Å². The second-order valence-corrected chi connectivity index (χ2v) is 3.09. The lowest BCUT2D eigenvalue weighted by Gasteiger charge is -2.02. The molecule has 2 nitrogen and oxygen atoms in total. The quantitative estimate of drug-likeness (QED) is 0.799. The molecule has 4 heteroatoms. The Morgan fingerprint density at radius 3 is 2.75 bits per heavy atom. The molecular weight excluding hydrogens is 223 g/mol. The first kappa shape index (κ1) is 9.17. The Morgan fingerprint density at radius 1 is 1.58 bits per heavy atom. The summed E-state index contributed by atoms with van der Waals surface area (Å²) >= 11 is 3.08. The zero-order valence-electron chi connectivity index (χ0n) is 6.14. The van der Waals surface area contributed by atoms with Crippen LogP contribution >= 0.6 is 15.9 Å². The van der Waals surface area contributed by atoms with Crippen LogP contribution in [-0.4, -0.2) is 0 Å². The van der Waals surface area contributed by atoms with Crippen LogP contribution in [0.15, 0.2) is 16.6 Å². The van der Waals surface area contributed by atoms with Crippen molar-refractivity contribution in [2.24, 2.45) is 5.73 Å². The predicted molar refractivity (Wildman–Crippen MR) is 46.7 cm³/mol. The van der Waals surface area contributed by atoms with E-state index in [2.05, 4.69) is 15.9 Å². The molecule has 0 unspecified atom stereocenters. The Bertz CT molecular complexity index is 344. The minimum absolute atomic E-state index is 0.166. The van der Waals surface area contributed by atoms with Gasteiger partial charge in [0.05, 0.1) is 5.56 Å². The molecule has 0 spiro atoms. The highest BCUT2D eigenvalue weighted by molar-refractivity contribution is 9.10. The summed E-state index contributed by atoms with van der Waals surface area (Å²) in [6.45, 7) is 0.166. The fourth-order valence-corrected chi connectivity index (χ4v) is 1.48. The van der Waals surface area contributed by atoms with Crippen LogP contribution < -0.4 is 5.73 Å². The van der Waals surface area contributed by atoms with E-state index in [9.17, 15) is 4.39 Å². The number of nitrogens with two attached hydrogens (primary N) is 1. The van der Waals surface area contributed by atoms with Crippen LogP contribution in [0.2, 0.25) is 0 Å². The molecule has 0 saturated carbocycles.